The van der Waals surface area contributed by atoms with Crippen molar-refractivity contribution in [2.24, 2.45) is 23.7 Å². The van der Waals surface area contributed by atoms with Gasteiger partial charge in [0, 0.05) is 25.7 Å². The SMILES string of the molecule is CCC(C)CCCCCCCCC(=O)O[C@H](COC(=O)CCCCCCCCCC(C)C)COP(=O)(O)OCC(O)COP(=O)(O)OC[C@@H](COC(=O)CCCCCCCCCCCCCCCC(C)C)OC(=O)CCCCCCCCCCCCC(C)C. The highest BCUT2D eigenvalue weighted by molar-refractivity contribution is 7.47. The van der Waals surface area contributed by atoms with Gasteiger partial charge in [-0.15, -0.1) is 0 Å². The Bertz CT molecular complexity index is 1770. The summed E-state index contributed by atoms with van der Waals surface area (Å²) in [6.07, 6.45) is 41.8. The number of rotatable bonds is 67. The van der Waals surface area contributed by atoms with Crippen LogP contribution in [0.2, 0.25) is 0 Å². The number of ether oxygens (including phenoxy) is 4. The molecule has 6 atom stereocenters. The Morgan fingerprint density at radius 2 is 0.539 bits per heavy atom. The Labute approximate surface area is 543 Å². The fraction of sp³-hybridized carbons (Fsp3) is 0.943. The Hall–Kier alpha value is -1.94. The molecule has 19 heteroatoms. The maximum atomic E-state index is 13.0. The molecule has 0 aliphatic heterocycles. The van der Waals surface area contributed by atoms with E-state index in [4.69, 9.17) is 37.0 Å². The van der Waals surface area contributed by atoms with Crippen molar-refractivity contribution in [3.05, 3.63) is 0 Å². The van der Waals surface area contributed by atoms with Crippen LogP contribution in [0.5, 0.6) is 0 Å². The first-order valence-electron chi connectivity index (χ1n) is 36.2. The molecule has 4 unspecified atom stereocenters. The topological polar surface area (TPSA) is 237 Å². The monoisotopic (exact) mass is 1310 g/mol. The summed E-state index contributed by atoms with van der Waals surface area (Å²) < 4.78 is 68.2. The van der Waals surface area contributed by atoms with Crippen molar-refractivity contribution in [2.45, 2.75) is 363 Å². The molecule has 17 nitrogen and oxygen atoms in total. The van der Waals surface area contributed by atoms with Gasteiger partial charge >= 0.3 is 39.5 Å². The predicted octanol–water partition coefficient (Wildman–Crippen LogP) is 19.7. The van der Waals surface area contributed by atoms with Crippen molar-refractivity contribution in [3.8, 4) is 0 Å². The quantitative estimate of drug-likeness (QED) is 0.0222. The minimum absolute atomic E-state index is 0.102. The molecular formula is C70H136O17P2. The summed E-state index contributed by atoms with van der Waals surface area (Å²) in [5.74, 6) is 0.836. The highest BCUT2D eigenvalue weighted by Gasteiger charge is 2.30. The molecule has 0 fully saturated rings. The Morgan fingerprint density at radius 3 is 0.798 bits per heavy atom. The standard InChI is InChI=1S/C70H136O17P2/c1-9-63(8)49-41-33-28-29-37-45-53-70(75)87-66(57-81-68(73)51-43-35-27-21-24-32-40-48-62(6)7)59-85-89(78,79)83-55-64(71)54-82-88(76,77)84-58-65(86-69(74)52-44-36-26-20-16-15-18-23-31-39-47-61(4)5)56-80-67(72)50-42-34-25-19-14-12-10-11-13-17-22-30-38-46-60(2)3/h60-66,71H,9-59H2,1-8H3,(H,76,77)(H,78,79)/t63?,64?,65-,66-/m1/s1. The number of esters is 4. The number of carbonyl (C=O) groups is 4. The van der Waals surface area contributed by atoms with E-state index in [1.165, 1.54) is 141 Å². The fourth-order valence-electron chi connectivity index (χ4n) is 10.5. The van der Waals surface area contributed by atoms with E-state index in [0.717, 1.165) is 114 Å². The van der Waals surface area contributed by atoms with E-state index in [1.54, 1.807) is 0 Å². The Kier molecular flexibility index (Phi) is 58.5. The van der Waals surface area contributed by atoms with Crippen LogP contribution in [-0.4, -0.2) is 96.7 Å². The average Bonchev–Trinajstić information content (AvgIpc) is 3.67. The molecule has 89 heavy (non-hydrogen) atoms. The van der Waals surface area contributed by atoms with Gasteiger partial charge in [-0.05, 0) is 49.4 Å². The summed E-state index contributed by atoms with van der Waals surface area (Å²) in [4.78, 5) is 72.5. The summed E-state index contributed by atoms with van der Waals surface area (Å²) in [5.41, 5.74) is 0. The van der Waals surface area contributed by atoms with Crippen LogP contribution in [0.3, 0.4) is 0 Å². The summed E-state index contributed by atoms with van der Waals surface area (Å²) in [7, 11) is -9.90. The van der Waals surface area contributed by atoms with Crippen molar-refractivity contribution in [2.75, 3.05) is 39.6 Å². The lowest BCUT2D eigenvalue weighted by Gasteiger charge is -2.21. The molecule has 0 spiro atoms. The van der Waals surface area contributed by atoms with Gasteiger partial charge < -0.3 is 33.8 Å². The number of hydrogen-bond acceptors (Lipinski definition) is 15. The number of aliphatic hydroxyl groups is 1. The van der Waals surface area contributed by atoms with Crippen molar-refractivity contribution < 1.29 is 80.2 Å². The van der Waals surface area contributed by atoms with Gasteiger partial charge in [0.2, 0.25) is 0 Å². The summed E-state index contributed by atoms with van der Waals surface area (Å²) in [6.45, 7) is 14.1. The van der Waals surface area contributed by atoms with Crippen LogP contribution in [0.15, 0.2) is 0 Å². The summed E-state index contributed by atoms with van der Waals surface area (Å²) >= 11 is 0. The van der Waals surface area contributed by atoms with Crippen LogP contribution in [-0.2, 0) is 65.4 Å². The molecule has 0 saturated carbocycles. The smallest absolute Gasteiger partial charge is 0.462 e. The molecule has 0 amide bonds. The zero-order valence-corrected chi connectivity index (χ0v) is 59.8. The Balaban J connectivity index is 5.24. The van der Waals surface area contributed by atoms with E-state index in [1.807, 2.05) is 0 Å². The van der Waals surface area contributed by atoms with E-state index >= 15 is 0 Å². The van der Waals surface area contributed by atoms with Gasteiger partial charge in [-0.3, -0.25) is 37.3 Å². The van der Waals surface area contributed by atoms with Gasteiger partial charge in [0.25, 0.3) is 0 Å². The minimum Gasteiger partial charge on any atom is -0.462 e. The van der Waals surface area contributed by atoms with Crippen LogP contribution < -0.4 is 0 Å². The van der Waals surface area contributed by atoms with Gasteiger partial charge in [-0.25, -0.2) is 9.13 Å². The van der Waals surface area contributed by atoms with Gasteiger partial charge in [0.1, 0.15) is 19.3 Å². The lowest BCUT2D eigenvalue weighted by molar-refractivity contribution is -0.161. The van der Waals surface area contributed by atoms with E-state index in [2.05, 4.69) is 55.4 Å². The molecule has 0 saturated heterocycles. The highest BCUT2D eigenvalue weighted by Crippen LogP contribution is 2.45. The van der Waals surface area contributed by atoms with Crippen molar-refractivity contribution in [3.63, 3.8) is 0 Å². The first-order valence-corrected chi connectivity index (χ1v) is 39.2. The summed E-state index contributed by atoms with van der Waals surface area (Å²) in [5, 5.41) is 10.6. The largest absolute Gasteiger partial charge is 0.472 e. The molecular weight excluding hydrogens is 1170 g/mol. The minimum atomic E-state index is -4.95. The van der Waals surface area contributed by atoms with E-state index < -0.39 is 97.5 Å². The first kappa shape index (κ1) is 87.1. The van der Waals surface area contributed by atoms with Crippen LogP contribution in [0, 0.1) is 23.7 Å². The van der Waals surface area contributed by atoms with Crippen LogP contribution >= 0.6 is 15.6 Å². The van der Waals surface area contributed by atoms with Gasteiger partial charge in [-0.1, -0.05) is 293 Å². The fourth-order valence-corrected chi connectivity index (χ4v) is 12.0. The highest BCUT2D eigenvalue weighted by atomic mass is 31.2. The second-order valence-electron chi connectivity index (χ2n) is 26.9. The number of carbonyl (C=O) groups excluding carboxylic acids is 4. The first-order chi connectivity index (χ1) is 42.6. The van der Waals surface area contributed by atoms with Crippen LogP contribution in [0.1, 0.15) is 344 Å². The predicted molar refractivity (Wildman–Crippen MR) is 358 cm³/mol. The molecule has 0 aromatic heterocycles. The van der Waals surface area contributed by atoms with Gasteiger partial charge in [0.15, 0.2) is 12.2 Å². The molecule has 0 aliphatic rings. The molecule has 0 heterocycles. The zero-order valence-electron chi connectivity index (χ0n) is 58.1. The third-order valence-electron chi connectivity index (χ3n) is 16.4. The zero-order chi connectivity index (χ0) is 66.1. The maximum Gasteiger partial charge on any atom is 0.472 e. The number of aliphatic hydroxyl groups excluding tert-OH is 1. The van der Waals surface area contributed by atoms with Crippen LogP contribution in [0.25, 0.3) is 0 Å². The van der Waals surface area contributed by atoms with Gasteiger partial charge in [-0.2, -0.15) is 0 Å². The number of unbranched alkanes of at least 4 members (excludes halogenated alkanes) is 32. The second-order valence-corrected chi connectivity index (χ2v) is 29.8. The van der Waals surface area contributed by atoms with E-state index in [0.29, 0.717) is 31.6 Å². The molecule has 0 aliphatic carbocycles. The molecule has 0 aromatic carbocycles. The molecule has 0 radical (unpaired) electrons. The molecule has 0 aromatic rings. The molecule has 0 rings (SSSR count). The molecule has 3 N–H and O–H groups in total. The average molecular weight is 1310 g/mol. The molecule has 0 bridgehead atoms. The maximum absolute atomic E-state index is 13.0. The number of phosphoric acid groups is 2. The van der Waals surface area contributed by atoms with E-state index in [9.17, 15) is 43.2 Å². The van der Waals surface area contributed by atoms with E-state index in [-0.39, 0.29) is 25.7 Å². The molecule has 528 valence electrons. The number of phosphoric ester groups is 2. The lowest BCUT2D eigenvalue weighted by atomic mass is 10.00. The van der Waals surface area contributed by atoms with Gasteiger partial charge in [0.05, 0.1) is 26.4 Å². The van der Waals surface area contributed by atoms with Crippen LogP contribution in [0.4, 0.5) is 0 Å². The van der Waals surface area contributed by atoms with Crippen molar-refractivity contribution >= 4 is 39.5 Å². The normalized spacial score (nSPS) is 14.6. The second kappa shape index (κ2) is 59.8. The third kappa shape index (κ3) is 63.2. The van der Waals surface area contributed by atoms with Crippen molar-refractivity contribution in [1.82, 2.24) is 0 Å². The third-order valence-corrected chi connectivity index (χ3v) is 18.3. The van der Waals surface area contributed by atoms with Crippen molar-refractivity contribution in [1.29, 1.82) is 0 Å². The summed E-state index contributed by atoms with van der Waals surface area (Å²) in [6, 6.07) is 0. The Morgan fingerprint density at radius 1 is 0.315 bits per heavy atom. The number of hydrogen-bond donors (Lipinski definition) is 3. The lowest BCUT2D eigenvalue weighted by Crippen LogP contribution is -2.30.